The summed E-state index contributed by atoms with van der Waals surface area (Å²) in [6, 6.07) is 16.7. The third kappa shape index (κ3) is 4.87. The van der Waals surface area contributed by atoms with Gasteiger partial charge in [0, 0.05) is 0 Å². The third-order valence-electron chi connectivity index (χ3n) is 1.83. The van der Waals surface area contributed by atoms with Gasteiger partial charge in [-0.15, -0.1) is 0 Å². The average molecular weight is 281 g/mol. The molecule has 2 aromatic carbocycles. The van der Waals surface area contributed by atoms with E-state index in [-0.39, 0.29) is 5.75 Å². The molecule has 0 heterocycles. The molecule has 16 heavy (non-hydrogen) atoms. The van der Waals surface area contributed by atoms with Crippen molar-refractivity contribution in [1.82, 2.24) is 0 Å². The first-order valence-electron chi connectivity index (χ1n) is 4.79. The molecule has 1 N–H and O–H groups in total. The molecule has 0 spiro atoms. The molecule has 0 radical (unpaired) electrons. The van der Waals surface area contributed by atoms with E-state index in [9.17, 15) is 0 Å². The number of methoxy groups -OCH3 is 1. The van der Waals surface area contributed by atoms with E-state index in [1.165, 1.54) is 4.46 Å². The van der Waals surface area contributed by atoms with Crippen molar-refractivity contribution in [2.75, 3.05) is 7.11 Å². The number of ether oxygens (including phenoxy) is 1. The van der Waals surface area contributed by atoms with Gasteiger partial charge in [-0.25, -0.2) is 0 Å². The number of rotatable bonds is 1. The first kappa shape index (κ1) is 12.6. The number of hydrogen-bond acceptors (Lipinski definition) is 2. The van der Waals surface area contributed by atoms with Gasteiger partial charge in [-0.05, 0) is 24.3 Å². The molecule has 0 aromatic heterocycles. The van der Waals surface area contributed by atoms with Crippen LogP contribution in [-0.4, -0.2) is 28.2 Å². The SMILES string of the molecule is COc1ccc(O)cc1.[SeH]c1ccccc1. The Morgan fingerprint density at radius 1 is 0.938 bits per heavy atom. The van der Waals surface area contributed by atoms with Crippen molar-refractivity contribution >= 4 is 20.5 Å². The number of phenols is 1. The van der Waals surface area contributed by atoms with Gasteiger partial charge in [-0.2, -0.15) is 0 Å². The Bertz CT molecular complexity index is 398. The molecular weight excluding hydrogens is 267 g/mol. The quantitative estimate of drug-likeness (QED) is 0.805. The molecule has 0 atom stereocenters. The fraction of sp³-hybridized carbons (Fsp3) is 0.0769. The molecule has 0 fully saturated rings. The van der Waals surface area contributed by atoms with Crippen LogP contribution in [0.25, 0.3) is 0 Å². The van der Waals surface area contributed by atoms with Crippen molar-refractivity contribution in [3.63, 3.8) is 0 Å². The van der Waals surface area contributed by atoms with Crippen LogP contribution >= 0.6 is 0 Å². The minimum atomic E-state index is 0.260. The standard InChI is InChI=1S/C7H8O2.C6H6Se/c1-9-7-4-2-6(8)3-5-7;7-6-4-2-1-3-5-6/h2-5,8H,1H3;1-5,7H. The Morgan fingerprint density at radius 2 is 1.50 bits per heavy atom. The maximum absolute atomic E-state index is 8.80. The Labute approximate surface area is 104 Å². The van der Waals surface area contributed by atoms with Gasteiger partial charge in [-0.3, -0.25) is 0 Å². The summed E-state index contributed by atoms with van der Waals surface area (Å²) >= 11 is 2.49. The molecule has 0 aliphatic rings. The van der Waals surface area contributed by atoms with Crippen LogP contribution in [-0.2, 0) is 0 Å². The van der Waals surface area contributed by atoms with Crippen LogP contribution in [0.4, 0.5) is 0 Å². The molecule has 0 bridgehead atoms. The molecule has 2 nitrogen and oxygen atoms in total. The van der Waals surface area contributed by atoms with E-state index in [1.54, 1.807) is 31.4 Å². The summed E-state index contributed by atoms with van der Waals surface area (Å²) in [7, 11) is 1.59. The van der Waals surface area contributed by atoms with Gasteiger partial charge >= 0.3 is 50.8 Å². The van der Waals surface area contributed by atoms with Gasteiger partial charge in [0.05, 0.1) is 7.11 Å². The molecule has 84 valence electrons. The zero-order chi connectivity index (χ0) is 11.8. The van der Waals surface area contributed by atoms with Crippen LogP contribution in [0.5, 0.6) is 11.5 Å². The summed E-state index contributed by atoms with van der Waals surface area (Å²) in [5.41, 5.74) is 0. The van der Waals surface area contributed by atoms with E-state index in [1.807, 2.05) is 18.2 Å². The van der Waals surface area contributed by atoms with Gasteiger partial charge < -0.3 is 9.84 Å². The molecular formula is C13H14O2Se. The van der Waals surface area contributed by atoms with Crippen molar-refractivity contribution in [2.45, 2.75) is 0 Å². The van der Waals surface area contributed by atoms with Gasteiger partial charge in [0.25, 0.3) is 0 Å². The van der Waals surface area contributed by atoms with Gasteiger partial charge in [0.2, 0.25) is 0 Å². The van der Waals surface area contributed by atoms with E-state index in [2.05, 4.69) is 28.1 Å². The van der Waals surface area contributed by atoms with Gasteiger partial charge in [-0.1, -0.05) is 0 Å². The van der Waals surface area contributed by atoms with Crippen LogP contribution in [0.2, 0.25) is 0 Å². The average Bonchev–Trinajstić information content (AvgIpc) is 2.32. The Hall–Kier alpha value is -1.44. The fourth-order valence-electron chi connectivity index (χ4n) is 1.01. The molecule has 0 saturated heterocycles. The molecule has 2 rings (SSSR count). The fourth-order valence-corrected chi connectivity index (χ4v) is 1.37. The molecule has 0 aliphatic heterocycles. The summed E-state index contributed by atoms with van der Waals surface area (Å²) in [5, 5.41) is 8.80. The van der Waals surface area contributed by atoms with E-state index < -0.39 is 0 Å². The van der Waals surface area contributed by atoms with Crippen molar-refractivity contribution in [1.29, 1.82) is 0 Å². The summed E-state index contributed by atoms with van der Waals surface area (Å²) in [5.74, 6) is 1.02. The number of phenolic OH excluding ortho intramolecular Hbond substituents is 1. The second kappa shape index (κ2) is 6.94. The minimum absolute atomic E-state index is 0.260. The molecule has 0 unspecified atom stereocenters. The summed E-state index contributed by atoms with van der Waals surface area (Å²) in [6.07, 6.45) is 0. The molecule has 0 aliphatic carbocycles. The molecule has 2 aromatic rings. The molecule has 3 heteroatoms. The van der Waals surface area contributed by atoms with Crippen molar-refractivity contribution in [3.05, 3.63) is 54.6 Å². The molecule has 0 saturated carbocycles. The van der Waals surface area contributed by atoms with E-state index in [0.717, 1.165) is 5.75 Å². The van der Waals surface area contributed by atoms with Crippen molar-refractivity contribution < 1.29 is 9.84 Å². The first-order valence-corrected chi connectivity index (χ1v) is 5.73. The number of benzene rings is 2. The summed E-state index contributed by atoms with van der Waals surface area (Å²) < 4.78 is 6.12. The second-order valence-electron chi connectivity index (χ2n) is 3.03. The van der Waals surface area contributed by atoms with E-state index >= 15 is 0 Å². The Balaban J connectivity index is 0.000000165. The first-order chi connectivity index (χ1) is 7.72. The summed E-state index contributed by atoms with van der Waals surface area (Å²) in [4.78, 5) is 0. The van der Waals surface area contributed by atoms with E-state index in [4.69, 9.17) is 9.84 Å². The Morgan fingerprint density at radius 3 is 1.88 bits per heavy atom. The van der Waals surface area contributed by atoms with Crippen LogP contribution in [0.3, 0.4) is 0 Å². The van der Waals surface area contributed by atoms with Crippen LogP contribution in [0.1, 0.15) is 0 Å². The van der Waals surface area contributed by atoms with Gasteiger partial charge in [0.15, 0.2) is 0 Å². The predicted molar refractivity (Wildman–Crippen MR) is 67.9 cm³/mol. The predicted octanol–water partition coefficient (Wildman–Crippen LogP) is 1.61. The van der Waals surface area contributed by atoms with Gasteiger partial charge in [0.1, 0.15) is 11.5 Å². The van der Waals surface area contributed by atoms with Crippen molar-refractivity contribution in [2.24, 2.45) is 0 Å². The van der Waals surface area contributed by atoms with Crippen LogP contribution in [0, 0.1) is 0 Å². The summed E-state index contributed by atoms with van der Waals surface area (Å²) in [6.45, 7) is 0. The maximum atomic E-state index is 8.80. The topological polar surface area (TPSA) is 29.5 Å². The molecule has 0 amide bonds. The zero-order valence-electron chi connectivity index (χ0n) is 9.00. The second-order valence-corrected chi connectivity index (χ2v) is 4.12. The normalized spacial score (nSPS) is 8.88. The van der Waals surface area contributed by atoms with Crippen molar-refractivity contribution in [3.8, 4) is 11.5 Å². The Kier molecular flexibility index (Phi) is 5.47. The monoisotopic (exact) mass is 282 g/mol. The number of aromatic hydroxyl groups is 1. The third-order valence-corrected chi connectivity index (χ3v) is 2.45. The van der Waals surface area contributed by atoms with E-state index in [0.29, 0.717) is 0 Å². The zero-order valence-corrected chi connectivity index (χ0v) is 10.9. The van der Waals surface area contributed by atoms with Crippen LogP contribution < -0.4 is 9.20 Å². The van der Waals surface area contributed by atoms with Crippen LogP contribution in [0.15, 0.2) is 54.6 Å². The number of hydrogen-bond donors (Lipinski definition) is 1.